The number of nitrogens with one attached hydrogen (secondary N) is 1. The predicted molar refractivity (Wildman–Crippen MR) is 117 cm³/mol. The molecule has 3 aliphatic rings. The number of halogens is 2. The summed E-state index contributed by atoms with van der Waals surface area (Å²) < 4.78 is 42.7. The van der Waals surface area contributed by atoms with Crippen LogP contribution in [0.1, 0.15) is 25.7 Å². The Bertz CT molecular complexity index is 1010. The highest BCUT2D eigenvalue weighted by Gasteiger charge is 2.36. The molecule has 0 radical (unpaired) electrons. The number of piperazine rings is 1. The highest BCUT2D eigenvalue weighted by Crippen LogP contribution is 2.35. The lowest BCUT2D eigenvalue weighted by molar-refractivity contribution is -0.134. The van der Waals surface area contributed by atoms with E-state index >= 15 is 0 Å². The Kier molecular flexibility index (Phi) is 6.73. The van der Waals surface area contributed by atoms with Gasteiger partial charge >= 0.3 is 0 Å². The van der Waals surface area contributed by atoms with Crippen LogP contribution in [0.25, 0.3) is 0 Å². The van der Waals surface area contributed by atoms with E-state index in [1.54, 1.807) is 4.90 Å². The van der Waals surface area contributed by atoms with Crippen LogP contribution in [-0.4, -0.2) is 81.4 Å². The number of nitrogens with two attached hydrogens (primary N) is 1. The van der Waals surface area contributed by atoms with Crippen molar-refractivity contribution in [2.45, 2.75) is 42.7 Å². The fourth-order valence-electron chi connectivity index (χ4n) is 4.26. The molecule has 176 valence electrons. The van der Waals surface area contributed by atoms with Crippen LogP contribution in [0.3, 0.4) is 0 Å². The van der Waals surface area contributed by atoms with Crippen molar-refractivity contribution in [3.63, 3.8) is 0 Å². The largest absolute Gasteiger partial charge is 0.339 e. The van der Waals surface area contributed by atoms with Crippen molar-refractivity contribution in [3.05, 3.63) is 23.0 Å². The van der Waals surface area contributed by atoms with Crippen molar-refractivity contribution >= 4 is 39.1 Å². The van der Waals surface area contributed by atoms with Crippen molar-refractivity contribution in [3.8, 4) is 0 Å². The summed E-state index contributed by atoms with van der Waals surface area (Å²) in [6.45, 7) is 2.54. The second-order valence-electron chi connectivity index (χ2n) is 8.39. The van der Waals surface area contributed by atoms with Crippen molar-refractivity contribution < 1.29 is 22.4 Å². The lowest BCUT2D eigenvalue weighted by Crippen LogP contribution is -2.57. The second-order valence-corrected chi connectivity index (χ2v) is 10.4. The number of sulfonamides is 1. The lowest BCUT2D eigenvalue weighted by atomic mass is 10.2. The maximum atomic E-state index is 14.3. The van der Waals surface area contributed by atoms with E-state index in [0.717, 1.165) is 25.2 Å². The molecule has 3 fully saturated rings. The number of hydrogen-bond donors (Lipinski definition) is 2. The first kappa shape index (κ1) is 23.4. The van der Waals surface area contributed by atoms with Crippen molar-refractivity contribution in [2.75, 3.05) is 44.2 Å². The number of hydrogen-bond acceptors (Lipinski definition) is 6. The molecule has 3 N–H and O–H groups in total. The van der Waals surface area contributed by atoms with Crippen LogP contribution in [0.5, 0.6) is 0 Å². The Labute approximate surface area is 191 Å². The topological polar surface area (TPSA) is 116 Å². The van der Waals surface area contributed by atoms with Crippen LogP contribution in [0.2, 0.25) is 5.02 Å². The minimum atomic E-state index is -4.39. The van der Waals surface area contributed by atoms with Gasteiger partial charge in [-0.2, -0.15) is 4.72 Å². The van der Waals surface area contributed by atoms with Crippen LogP contribution in [0, 0.1) is 5.82 Å². The summed E-state index contributed by atoms with van der Waals surface area (Å²) >= 11 is 6.31. The number of benzene rings is 1. The zero-order valence-electron chi connectivity index (χ0n) is 17.6. The average Bonchev–Trinajstić information content (AvgIpc) is 3.54. The van der Waals surface area contributed by atoms with E-state index < -0.39 is 32.7 Å². The van der Waals surface area contributed by atoms with Gasteiger partial charge in [0.25, 0.3) is 0 Å². The second kappa shape index (κ2) is 9.22. The molecule has 2 saturated heterocycles. The van der Waals surface area contributed by atoms with Gasteiger partial charge in [-0.05, 0) is 31.4 Å². The summed E-state index contributed by atoms with van der Waals surface area (Å²) in [7, 11) is -4.39. The highest BCUT2D eigenvalue weighted by molar-refractivity contribution is 7.89. The molecule has 1 aromatic rings. The number of rotatable bonds is 7. The standard InChI is InChI=1S/C20H27ClFN5O4S/c21-19-16(27-5-1-2-18(27)28)10-13(22)11-17(19)32(30,31)24-15(12-23)20(29)26-8-6-25(7-9-26)14-3-4-14/h10-11,14-15,24H,1-9,12,23H2/t15-/m0/s1. The minimum Gasteiger partial charge on any atom is -0.339 e. The summed E-state index contributed by atoms with van der Waals surface area (Å²) in [5.41, 5.74) is 5.72. The summed E-state index contributed by atoms with van der Waals surface area (Å²) in [4.78, 5) is 29.7. The first-order chi connectivity index (χ1) is 15.2. The Hall–Kier alpha value is -1.79. The van der Waals surface area contributed by atoms with E-state index in [1.165, 1.54) is 17.7 Å². The number of carbonyl (C=O) groups is 2. The zero-order valence-corrected chi connectivity index (χ0v) is 19.2. The zero-order chi connectivity index (χ0) is 23.0. The summed E-state index contributed by atoms with van der Waals surface area (Å²) in [5, 5.41) is -0.268. The first-order valence-electron chi connectivity index (χ1n) is 10.8. The van der Waals surface area contributed by atoms with Gasteiger partial charge in [-0.1, -0.05) is 11.6 Å². The Balaban J connectivity index is 1.51. The number of carbonyl (C=O) groups excluding carboxylic acids is 2. The van der Waals surface area contributed by atoms with E-state index in [-0.39, 0.29) is 29.6 Å². The van der Waals surface area contributed by atoms with Gasteiger partial charge in [-0.3, -0.25) is 14.5 Å². The van der Waals surface area contributed by atoms with Gasteiger partial charge in [0.15, 0.2) is 0 Å². The molecular weight excluding hydrogens is 461 g/mol. The molecule has 12 heteroatoms. The molecule has 1 aromatic carbocycles. The van der Waals surface area contributed by atoms with E-state index in [0.29, 0.717) is 32.1 Å². The normalized spacial score (nSPS) is 21.3. The Morgan fingerprint density at radius 3 is 2.47 bits per heavy atom. The monoisotopic (exact) mass is 487 g/mol. The number of amides is 2. The van der Waals surface area contributed by atoms with Gasteiger partial charge in [0.1, 0.15) is 16.8 Å². The van der Waals surface area contributed by atoms with Crippen LogP contribution >= 0.6 is 11.6 Å². The van der Waals surface area contributed by atoms with E-state index in [9.17, 15) is 22.4 Å². The van der Waals surface area contributed by atoms with Crippen LogP contribution in [-0.2, 0) is 19.6 Å². The van der Waals surface area contributed by atoms with E-state index in [2.05, 4.69) is 9.62 Å². The van der Waals surface area contributed by atoms with Crippen molar-refractivity contribution in [2.24, 2.45) is 5.73 Å². The number of anilines is 1. The molecule has 1 atom stereocenters. The molecule has 32 heavy (non-hydrogen) atoms. The molecule has 0 aromatic heterocycles. The third kappa shape index (κ3) is 4.76. The highest BCUT2D eigenvalue weighted by atomic mass is 35.5. The molecule has 1 aliphatic carbocycles. The third-order valence-electron chi connectivity index (χ3n) is 6.16. The van der Waals surface area contributed by atoms with Crippen molar-refractivity contribution in [1.82, 2.24) is 14.5 Å². The molecular formula is C20H27ClFN5O4S. The molecule has 1 saturated carbocycles. The first-order valence-corrected chi connectivity index (χ1v) is 12.6. The van der Waals surface area contributed by atoms with Gasteiger partial charge < -0.3 is 15.5 Å². The van der Waals surface area contributed by atoms with Crippen molar-refractivity contribution in [1.29, 1.82) is 0 Å². The minimum absolute atomic E-state index is 0.00126. The molecule has 9 nitrogen and oxygen atoms in total. The summed E-state index contributed by atoms with van der Waals surface area (Å²) in [6.07, 6.45) is 3.21. The molecule has 2 amide bonds. The summed E-state index contributed by atoms with van der Waals surface area (Å²) in [6, 6.07) is 1.21. The molecule has 0 unspecified atom stereocenters. The van der Waals surface area contributed by atoms with Gasteiger partial charge in [0, 0.05) is 51.7 Å². The van der Waals surface area contributed by atoms with Gasteiger partial charge in [-0.15, -0.1) is 0 Å². The maximum Gasteiger partial charge on any atom is 0.243 e. The molecule has 2 heterocycles. The van der Waals surface area contributed by atoms with Crippen LogP contribution in [0.15, 0.2) is 17.0 Å². The van der Waals surface area contributed by atoms with Crippen LogP contribution in [0.4, 0.5) is 10.1 Å². The van der Waals surface area contributed by atoms with E-state index in [4.69, 9.17) is 17.3 Å². The predicted octanol–water partition coefficient (Wildman–Crippen LogP) is 0.518. The lowest BCUT2D eigenvalue weighted by Gasteiger charge is -2.36. The SMILES string of the molecule is NC[C@H](NS(=O)(=O)c1cc(F)cc(N2CCCC2=O)c1Cl)C(=O)N1CCN(C2CC2)CC1. The van der Waals surface area contributed by atoms with Gasteiger partial charge in [-0.25, -0.2) is 12.8 Å². The van der Waals surface area contributed by atoms with Gasteiger partial charge in [0.05, 0.1) is 10.7 Å². The Morgan fingerprint density at radius 1 is 1.22 bits per heavy atom. The molecule has 2 aliphatic heterocycles. The molecule has 4 rings (SSSR count). The third-order valence-corrected chi connectivity index (χ3v) is 8.16. The van der Waals surface area contributed by atoms with E-state index in [1.807, 2.05) is 0 Å². The average molecular weight is 488 g/mol. The maximum absolute atomic E-state index is 14.3. The fourth-order valence-corrected chi connectivity index (χ4v) is 6.09. The quantitative estimate of drug-likeness (QED) is 0.579. The smallest absolute Gasteiger partial charge is 0.243 e. The van der Waals surface area contributed by atoms with Gasteiger partial charge in [0.2, 0.25) is 21.8 Å². The molecule has 0 bridgehead atoms. The van der Waals surface area contributed by atoms with Crippen LogP contribution < -0.4 is 15.4 Å². The molecule has 0 spiro atoms. The fraction of sp³-hybridized carbons (Fsp3) is 0.600. The number of nitrogens with zero attached hydrogens (tertiary/aromatic N) is 3. The summed E-state index contributed by atoms with van der Waals surface area (Å²) in [5.74, 6) is -1.53. The Morgan fingerprint density at radius 2 is 1.91 bits per heavy atom.